The molecule has 0 radical (unpaired) electrons. The van der Waals surface area contributed by atoms with Crippen LogP contribution >= 0.6 is 0 Å². The van der Waals surface area contributed by atoms with Gasteiger partial charge in [-0.1, -0.05) is 30.3 Å². The Labute approximate surface area is 151 Å². The number of piperidine rings is 1. The summed E-state index contributed by atoms with van der Waals surface area (Å²) >= 11 is 0. The molecule has 2 fully saturated rings. The normalized spacial score (nSPS) is 24.5. The summed E-state index contributed by atoms with van der Waals surface area (Å²) in [5.41, 5.74) is 1.22. The van der Waals surface area contributed by atoms with Crippen LogP contribution in [0.25, 0.3) is 0 Å². The molecule has 2 saturated heterocycles. The van der Waals surface area contributed by atoms with E-state index in [1.807, 2.05) is 23.1 Å². The Morgan fingerprint density at radius 3 is 2.52 bits per heavy atom. The predicted molar refractivity (Wildman–Crippen MR) is 99.4 cm³/mol. The molecule has 0 unspecified atom stereocenters. The summed E-state index contributed by atoms with van der Waals surface area (Å²) in [6.45, 7) is 8.60. The van der Waals surface area contributed by atoms with Gasteiger partial charge in [-0.25, -0.2) is 0 Å². The number of hydrogen-bond acceptors (Lipinski definition) is 4. The van der Waals surface area contributed by atoms with Gasteiger partial charge in [0.1, 0.15) is 0 Å². The van der Waals surface area contributed by atoms with Crippen molar-refractivity contribution in [2.45, 2.75) is 38.4 Å². The van der Waals surface area contributed by atoms with E-state index in [4.69, 9.17) is 4.74 Å². The Bertz CT molecular complexity index is 543. The number of hydrogen-bond donors (Lipinski definition) is 0. The monoisotopic (exact) mass is 345 g/mol. The Balaban J connectivity index is 1.55. The minimum atomic E-state index is 0.0670. The first kappa shape index (κ1) is 18.4. The lowest BCUT2D eigenvalue weighted by Gasteiger charge is -2.43. The molecule has 0 aromatic heterocycles. The maximum absolute atomic E-state index is 13.0. The molecule has 1 aromatic carbocycles. The summed E-state index contributed by atoms with van der Waals surface area (Å²) < 4.78 is 5.27. The molecular weight excluding hydrogens is 314 g/mol. The van der Waals surface area contributed by atoms with Crippen molar-refractivity contribution in [1.29, 1.82) is 0 Å². The molecule has 25 heavy (non-hydrogen) atoms. The predicted octanol–water partition coefficient (Wildman–Crippen LogP) is 1.83. The van der Waals surface area contributed by atoms with Crippen molar-refractivity contribution in [1.82, 2.24) is 14.7 Å². The van der Waals surface area contributed by atoms with Crippen molar-refractivity contribution in [2.24, 2.45) is 0 Å². The van der Waals surface area contributed by atoms with Gasteiger partial charge < -0.3 is 9.64 Å². The van der Waals surface area contributed by atoms with Crippen molar-refractivity contribution in [3.8, 4) is 0 Å². The smallest absolute Gasteiger partial charge is 0.240 e. The minimum absolute atomic E-state index is 0.0670. The second-order valence-electron chi connectivity index (χ2n) is 7.28. The summed E-state index contributed by atoms with van der Waals surface area (Å²) in [5, 5.41) is 0. The zero-order valence-electron chi connectivity index (χ0n) is 15.6. The first-order valence-corrected chi connectivity index (χ1v) is 9.49. The molecule has 0 saturated carbocycles. The summed E-state index contributed by atoms with van der Waals surface area (Å²) in [5.74, 6) is 0.313. The Kier molecular flexibility index (Phi) is 6.45. The Hall–Kier alpha value is -1.43. The molecule has 5 heteroatoms. The van der Waals surface area contributed by atoms with E-state index in [9.17, 15) is 4.79 Å². The molecule has 5 nitrogen and oxygen atoms in total. The maximum Gasteiger partial charge on any atom is 0.240 e. The number of methoxy groups -OCH3 is 1. The minimum Gasteiger partial charge on any atom is -0.383 e. The number of likely N-dealkylation sites (tertiary alicyclic amines) is 1. The molecule has 2 aliphatic rings. The number of amides is 1. The average Bonchev–Trinajstić information content (AvgIpc) is 2.65. The number of piperazine rings is 1. The highest BCUT2D eigenvalue weighted by atomic mass is 16.5. The van der Waals surface area contributed by atoms with Crippen LogP contribution in [0.2, 0.25) is 0 Å². The quantitative estimate of drug-likeness (QED) is 0.788. The molecule has 0 spiro atoms. The third-order valence-corrected chi connectivity index (χ3v) is 5.54. The zero-order chi connectivity index (χ0) is 17.6. The Morgan fingerprint density at radius 1 is 1.12 bits per heavy atom. The second kappa shape index (κ2) is 8.79. The van der Waals surface area contributed by atoms with Crippen LogP contribution < -0.4 is 0 Å². The van der Waals surface area contributed by atoms with Crippen molar-refractivity contribution in [3.05, 3.63) is 35.9 Å². The first-order valence-electron chi connectivity index (χ1n) is 9.49. The van der Waals surface area contributed by atoms with Gasteiger partial charge in [-0.2, -0.15) is 0 Å². The van der Waals surface area contributed by atoms with Gasteiger partial charge in [0.25, 0.3) is 0 Å². The lowest BCUT2D eigenvalue weighted by Crippen LogP contribution is -2.58. The fourth-order valence-electron chi connectivity index (χ4n) is 4.06. The molecule has 3 rings (SSSR count). The molecule has 2 aliphatic heterocycles. The summed E-state index contributed by atoms with van der Waals surface area (Å²) in [6, 6.07) is 10.8. The lowest BCUT2D eigenvalue weighted by molar-refractivity contribution is -0.142. The van der Waals surface area contributed by atoms with Crippen molar-refractivity contribution in [2.75, 3.05) is 46.4 Å². The number of carbonyl (C=O) groups excluding carboxylic acids is 1. The van der Waals surface area contributed by atoms with Gasteiger partial charge >= 0.3 is 0 Å². The molecule has 1 aromatic rings. The van der Waals surface area contributed by atoms with Gasteiger partial charge in [0.2, 0.25) is 5.91 Å². The van der Waals surface area contributed by atoms with E-state index in [2.05, 4.69) is 28.9 Å². The van der Waals surface area contributed by atoms with E-state index in [-0.39, 0.29) is 6.04 Å². The van der Waals surface area contributed by atoms with Crippen LogP contribution in [-0.2, 0) is 16.1 Å². The maximum atomic E-state index is 13.0. The molecule has 1 amide bonds. The topological polar surface area (TPSA) is 36.0 Å². The van der Waals surface area contributed by atoms with Gasteiger partial charge in [-0.15, -0.1) is 0 Å². The van der Waals surface area contributed by atoms with Gasteiger partial charge in [-0.05, 0) is 25.3 Å². The molecular formula is C20H31N3O2. The zero-order valence-corrected chi connectivity index (χ0v) is 15.6. The molecule has 2 atom stereocenters. The van der Waals surface area contributed by atoms with Gasteiger partial charge in [0.15, 0.2) is 0 Å². The highest BCUT2D eigenvalue weighted by Gasteiger charge is 2.35. The number of benzene rings is 1. The van der Waals surface area contributed by atoms with E-state index in [0.29, 0.717) is 11.9 Å². The Morgan fingerprint density at radius 2 is 1.84 bits per heavy atom. The molecule has 138 valence electrons. The second-order valence-corrected chi connectivity index (χ2v) is 7.28. The van der Waals surface area contributed by atoms with Crippen molar-refractivity contribution in [3.63, 3.8) is 0 Å². The van der Waals surface area contributed by atoms with Crippen molar-refractivity contribution < 1.29 is 9.53 Å². The average molecular weight is 345 g/mol. The third kappa shape index (κ3) is 4.60. The number of nitrogens with zero attached hydrogens (tertiary/aromatic N) is 3. The standard InChI is InChI=1S/C20H31N3O2/c1-17(16-25-2)21-11-13-22(14-12-21)19-9-6-10-23(20(19)24)15-18-7-4-3-5-8-18/h3-5,7-8,17,19H,6,9-16H2,1-2H3/t17-,19-/m0/s1. The highest BCUT2D eigenvalue weighted by Crippen LogP contribution is 2.21. The molecule has 0 N–H and O–H groups in total. The van der Waals surface area contributed by atoms with Gasteiger partial charge in [0.05, 0.1) is 12.6 Å². The van der Waals surface area contributed by atoms with Gasteiger partial charge in [0, 0.05) is 52.4 Å². The van der Waals surface area contributed by atoms with Crippen LogP contribution in [-0.4, -0.2) is 79.1 Å². The fraction of sp³-hybridized carbons (Fsp3) is 0.650. The number of rotatable bonds is 6. The van der Waals surface area contributed by atoms with E-state index in [1.54, 1.807) is 7.11 Å². The van der Waals surface area contributed by atoms with E-state index < -0.39 is 0 Å². The molecule has 2 heterocycles. The van der Waals surface area contributed by atoms with Crippen LogP contribution in [0.3, 0.4) is 0 Å². The van der Waals surface area contributed by atoms with E-state index in [0.717, 1.165) is 58.7 Å². The van der Waals surface area contributed by atoms with Crippen molar-refractivity contribution >= 4 is 5.91 Å². The molecule has 0 bridgehead atoms. The summed E-state index contributed by atoms with van der Waals surface area (Å²) in [7, 11) is 1.76. The van der Waals surface area contributed by atoms with Crippen LogP contribution in [0.1, 0.15) is 25.3 Å². The first-order chi connectivity index (χ1) is 12.2. The van der Waals surface area contributed by atoms with Crippen LogP contribution in [0.4, 0.5) is 0 Å². The van der Waals surface area contributed by atoms with Gasteiger partial charge in [-0.3, -0.25) is 14.6 Å². The highest BCUT2D eigenvalue weighted by molar-refractivity contribution is 5.82. The lowest BCUT2D eigenvalue weighted by atomic mass is 10.0. The molecule has 0 aliphatic carbocycles. The summed E-state index contributed by atoms with van der Waals surface area (Å²) in [6.07, 6.45) is 2.10. The summed E-state index contributed by atoms with van der Waals surface area (Å²) in [4.78, 5) is 19.9. The fourth-order valence-corrected chi connectivity index (χ4v) is 4.06. The number of ether oxygens (including phenoxy) is 1. The number of carbonyl (C=O) groups is 1. The van der Waals surface area contributed by atoms with E-state index >= 15 is 0 Å². The van der Waals surface area contributed by atoms with Crippen LogP contribution in [0.15, 0.2) is 30.3 Å². The SMILES string of the molecule is COC[C@H](C)N1CCN([C@H]2CCCN(Cc3ccccc3)C2=O)CC1. The van der Waals surface area contributed by atoms with Crippen LogP contribution in [0, 0.1) is 0 Å². The van der Waals surface area contributed by atoms with Crippen LogP contribution in [0.5, 0.6) is 0 Å². The largest absolute Gasteiger partial charge is 0.383 e. The van der Waals surface area contributed by atoms with E-state index in [1.165, 1.54) is 5.56 Å². The third-order valence-electron chi connectivity index (χ3n) is 5.54.